The van der Waals surface area contributed by atoms with Crippen molar-refractivity contribution in [2.24, 2.45) is 0 Å². The summed E-state index contributed by atoms with van der Waals surface area (Å²) in [6.07, 6.45) is 2.78. The summed E-state index contributed by atoms with van der Waals surface area (Å²) in [5.41, 5.74) is 0.171. The first-order valence-electron chi connectivity index (χ1n) is 6.06. The molecule has 106 valence electrons. The molecule has 0 atom stereocenters. The van der Waals surface area contributed by atoms with E-state index >= 15 is 0 Å². The topological polar surface area (TPSA) is 94.8 Å². The molecule has 5 heteroatoms. The molecule has 2 rings (SSSR count). The lowest BCUT2D eigenvalue weighted by Crippen LogP contribution is -2.02. The van der Waals surface area contributed by atoms with Crippen LogP contribution in [0.2, 0.25) is 0 Å². The van der Waals surface area contributed by atoms with E-state index in [1.165, 1.54) is 6.08 Å². The summed E-state index contributed by atoms with van der Waals surface area (Å²) >= 11 is 0. The third-order valence-electron chi connectivity index (χ3n) is 2.84. The predicted molar refractivity (Wildman–Crippen MR) is 76.5 cm³/mol. The number of hydrogen-bond acceptors (Lipinski definition) is 4. The van der Waals surface area contributed by atoms with Crippen molar-refractivity contribution in [1.82, 2.24) is 0 Å². The van der Waals surface area contributed by atoms with E-state index in [-0.39, 0.29) is 5.56 Å². The van der Waals surface area contributed by atoms with Gasteiger partial charge in [-0.3, -0.25) is 4.79 Å². The molecular formula is C16H12O5. The van der Waals surface area contributed by atoms with Crippen LogP contribution in [0.3, 0.4) is 0 Å². The molecule has 5 nitrogen and oxygen atoms in total. The van der Waals surface area contributed by atoms with Gasteiger partial charge >= 0.3 is 5.97 Å². The molecule has 0 saturated heterocycles. The number of rotatable bonds is 4. The Morgan fingerprint density at radius 2 is 1.52 bits per heavy atom. The summed E-state index contributed by atoms with van der Waals surface area (Å²) in [7, 11) is 0. The zero-order valence-electron chi connectivity index (χ0n) is 10.9. The SMILES string of the molecule is O=C(O)c1cc(C(=O)C=Cc2ccccc2)c(O)cc1O. The van der Waals surface area contributed by atoms with Gasteiger partial charge in [-0.15, -0.1) is 0 Å². The van der Waals surface area contributed by atoms with Crippen molar-refractivity contribution < 1.29 is 24.9 Å². The minimum absolute atomic E-state index is 0.183. The van der Waals surface area contributed by atoms with Gasteiger partial charge in [-0.05, 0) is 17.7 Å². The monoisotopic (exact) mass is 284 g/mol. The summed E-state index contributed by atoms with van der Waals surface area (Å²) in [4.78, 5) is 22.9. The lowest BCUT2D eigenvalue weighted by Gasteiger charge is -2.05. The molecular weight excluding hydrogens is 272 g/mol. The molecule has 0 heterocycles. The van der Waals surface area contributed by atoms with E-state index in [0.717, 1.165) is 17.7 Å². The van der Waals surface area contributed by atoms with Gasteiger partial charge in [0.1, 0.15) is 17.1 Å². The fourth-order valence-corrected chi connectivity index (χ4v) is 1.77. The zero-order chi connectivity index (χ0) is 15.4. The van der Waals surface area contributed by atoms with Crippen molar-refractivity contribution in [2.75, 3.05) is 0 Å². The van der Waals surface area contributed by atoms with E-state index in [2.05, 4.69) is 0 Å². The van der Waals surface area contributed by atoms with E-state index in [0.29, 0.717) is 0 Å². The molecule has 3 N–H and O–H groups in total. The zero-order valence-corrected chi connectivity index (χ0v) is 10.9. The Morgan fingerprint density at radius 3 is 2.14 bits per heavy atom. The molecule has 0 radical (unpaired) electrons. The number of ketones is 1. The lowest BCUT2D eigenvalue weighted by atomic mass is 10.0. The molecule has 2 aromatic carbocycles. The van der Waals surface area contributed by atoms with Gasteiger partial charge in [-0.2, -0.15) is 0 Å². The maximum absolute atomic E-state index is 12.0. The van der Waals surface area contributed by atoms with Crippen LogP contribution in [-0.4, -0.2) is 27.1 Å². The number of hydrogen-bond donors (Lipinski definition) is 3. The highest BCUT2D eigenvalue weighted by Gasteiger charge is 2.17. The average molecular weight is 284 g/mol. The van der Waals surface area contributed by atoms with Crippen LogP contribution in [0.25, 0.3) is 6.08 Å². The Bertz CT molecular complexity index is 717. The third kappa shape index (κ3) is 3.27. The van der Waals surface area contributed by atoms with E-state index < -0.39 is 28.8 Å². The van der Waals surface area contributed by atoms with Crippen LogP contribution in [0.5, 0.6) is 11.5 Å². The van der Waals surface area contributed by atoms with E-state index in [1.807, 2.05) is 18.2 Å². The van der Waals surface area contributed by atoms with Crippen LogP contribution in [0.15, 0.2) is 48.5 Å². The van der Waals surface area contributed by atoms with Gasteiger partial charge in [0.15, 0.2) is 5.78 Å². The summed E-state index contributed by atoms with van der Waals surface area (Å²) in [5, 5.41) is 28.0. The number of carbonyl (C=O) groups excluding carboxylic acids is 1. The van der Waals surface area contributed by atoms with Crippen LogP contribution < -0.4 is 0 Å². The Morgan fingerprint density at radius 1 is 0.905 bits per heavy atom. The van der Waals surface area contributed by atoms with Crippen molar-refractivity contribution in [3.63, 3.8) is 0 Å². The Kier molecular flexibility index (Phi) is 4.04. The van der Waals surface area contributed by atoms with E-state index in [9.17, 15) is 19.8 Å². The first kappa shape index (κ1) is 14.3. The molecule has 0 bridgehead atoms. The van der Waals surface area contributed by atoms with E-state index in [1.54, 1.807) is 18.2 Å². The number of allylic oxidation sites excluding steroid dienone is 1. The van der Waals surface area contributed by atoms with Crippen LogP contribution >= 0.6 is 0 Å². The number of phenolic OH excluding ortho intramolecular Hbond substituents is 1. The van der Waals surface area contributed by atoms with Gasteiger partial charge in [0.05, 0.1) is 5.56 Å². The number of aromatic carboxylic acids is 1. The van der Waals surface area contributed by atoms with Crippen LogP contribution in [0.1, 0.15) is 26.3 Å². The summed E-state index contributed by atoms with van der Waals surface area (Å²) in [6.45, 7) is 0. The minimum Gasteiger partial charge on any atom is -0.507 e. The molecule has 0 spiro atoms. The largest absolute Gasteiger partial charge is 0.507 e. The Labute approximate surface area is 120 Å². The van der Waals surface area contributed by atoms with Gasteiger partial charge in [-0.1, -0.05) is 36.4 Å². The number of carboxylic acids is 1. The van der Waals surface area contributed by atoms with Crippen molar-refractivity contribution in [1.29, 1.82) is 0 Å². The average Bonchev–Trinajstić information content (AvgIpc) is 2.45. The van der Waals surface area contributed by atoms with Gasteiger partial charge in [0.25, 0.3) is 0 Å². The second kappa shape index (κ2) is 5.92. The number of carbonyl (C=O) groups is 2. The molecule has 0 fully saturated rings. The summed E-state index contributed by atoms with van der Waals surface area (Å²) < 4.78 is 0. The summed E-state index contributed by atoms with van der Waals surface area (Å²) in [5.74, 6) is -3.00. The number of aromatic hydroxyl groups is 2. The Hall–Kier alpha value is -3.08. The quantitative estimate of drug-likeness (QED) is 0.592. The normalized spacial score (nSPS) is 10.7. The molecule has 0 saturated carbocycles. The highest BCUT2D eigenvalue weighted by molar-refractivity contribution is 6.10. The van der Waals surface area contributed by atoms with Gasteiger partial charge < -0.3 is 15.3 Å². The first-order valence-corrected chi connectivity index (χ1v) is 6.06. The van der Waals surface area contributed by atoms with Gasteiger partial charge in [0, 0.05) is 6.07 Å². The number of carboxylic acid groups (broad SMARTS) is 1. The van der Waals surface area contributed by atoms with E-state index in [4.69, 9.17) is 5.11 Å². The Balaban J connectivity index is 2.33. The lowest BCUT2D eigenvalue weighted by molar-refractivity contribution is 0.0693. The smallest absolute Gasteiger partial charge is 0.339 e. The standard InChI is InChI=1S/C16H12O5/c17-13(7-6-10-4-2-1-3-5-10)11-8-12(16(20)21)15(19)9-14(11)18/h1-9,18-19H,(H,20,21). The maximum atomic E-state index is 12.0. The van der Waals surface area contributed by atoms with Crippen molar-refractivity contribution in [3.8, 4) is 11.5 Å². The number of benzene rings is 2. The fourth-order valence-electron chi connectivity index (χ4n) is 1.77. The van der Waals surface area contributed by atoms with Crippen LogP contribution in [0, 0.1) is 0 Å². The molecule has 21 heavy (non-hydrogen) atoms. The molecule has 0 unspecified atom stereocenters. The van der Waals surface area contributed by atoms with Gasteiger partial charge in [0.2, 0.25) is 0 Å². The minimum atomic E-state index is -1.38. The summed E-state index contributed by atoms with van der Waals surface area (Å²) in [6, 6.07) is 10.8. The maximum Gasteiger partial charge on any atom is 0.339 e. The molecule has 2 aromatic rings. The molecule has 0 aliphatic heterocycles. The molecule has 0 amide bonds. The second-order valence-electron chi connectivity index (χ2n) is 4.30. The molecule has 0 aromatic heterocycles. The third-order valence-corrected chi connectivity index (χ3v) is 2.84. The van der Waals surface area contributed by atoms with Crippen molar-refractivity contribution in [3.05, 3.63) is 65.2 Å². The number of phenols is 2. The van der Waals surface area contributed by atoms with Gasteiger partial charge in [-0.25, -0.2) is 4.79 Å². The fraction of sp³-hybridized carbons (Fsp3) is 0. The second-order valence-corrected chi connectivity index (χ2v) is 4.30. The van der Waals surface area contributed by atoms with Crippen LogP contribution in [-0.2, 0) is 0 Å². The molecule has 0 aliphatic carbocycles. The predicted octanol–water partition coefficient (Wildman–Crippen LogP) is 2.69. The van der Waals surface area contributed by atoms with Crippen molar-refractivity contribution in [2.45, 2.75) is 0 Å². The molecule has 0 aliphatic rings. The van der Waals surface area contributed by atoms with Crippen molar-refractivity contribution >= 4 is 17.8 Å². The first-order chi connectivity index (χ1) is 9.99. The highest BCUT2D eigenvalue weighted by atomic mass is 16.4. The van der Waals surface area contributed by atoms with Crippen LogP contribution in [0.4, 0.5) is 0 Å². The highest BCUT2D eigenvalue weighted by Crippen LogP contribution is 2.28.